The number of halogens is 1. The Bertz CT molecular complexity index is 443. The molecule has 0 spiro atoms. The number of benzene rings is 1. The fourth-order valence-corrected chi connectivity index (χ4v) is 2.33. The van der Waals surface area contributed by atoms with Crippen LogP contribution >= 0.6 is 15.9 Å². The van der Waals surface area contributed by atoms with Gasteiger partial charge in [-0.3, -0.25) is 0 Å². The van der Waals surface area contributed by atoms with Gasteiger partial charge in [0.15, 0.2) is 0 Å². The minimum atomic E-state index is -0.492. The summed E-state index contributed by atoms with van der Waals surface area (Å²) in [7, 11) is 0. The van der Waals surface area contributed by atoms with Crippen molar-refractivity contribution in [1.82, 2.24) is 0 Å². The minimum Gasteiger partial charge on any atom is -0.472 e. The van der Waals surface area contributed by atoms with Crippen molar-refractivity contribution in [3.63, 3.8) is 0 Å². The van der Waals surface area contributed by atoms with Gasteiger partial charge in [-0.25, -0.2) is 0 Å². The van der Waals surface area contributed by atoms with Gasteiger partial charge in [-0.05, 0) is 41.8 Å². The molecule has 1 N–H and O–H groups in total. The lowest BCUT2D eigenvalue weighted by molar-refractivity contribution is 0.178. The lowest BCUT2D eigenvalue weighted by Gasteiger charge is -2.11. The molecule has 0 aliphatic rings. The molecule has 0 saturated carbocycles. The zero-order valence-electron chi connectivity index (χ0n) is 8.98. The van der Waals surface area contributed by atoms with Gasteiger partial charge >= 0.3 is 0 Å². The average molecular weight is 281 g/mol. The summed E-state index contributed by atoms with van der Waals surface area (Å²) in [6.07, 6.45) is 3.36. The number of rotatable bonds is 3. The molecule has 1 aromatic heterocycles. The van der Waals surface area contributed by atoms with Gasteiger partial charge in [-0.1, -0.05) is 22.0 Å². The lowest BCUT2D eigenvalue weighted by Crippen LogP contribution is -2.01. The predicted molar refractivity (Wildman–Crippen MR) is 66.3 cm³/mol. The maximum absolute atomic E-state index is 10.1. The van der Waals surface area contributed by atoms with Crippen molar-refractivity contribution in [2.75, 3.05) is 0 Å². The van der Waals surface area contributed by atoms with Crippen LogP contribution < -0.4 is 0 Å². The number of furan rings is 1. The fourth-order valence-electron chi connectivity index (χ4n) is 1.71. The van der Waals surface area contributed by atoms with E-state index in [1.54, 1.807) is 12.5 Å². The van der Waals surface area contributed by atoms with E-state index in [-0.39, 0.29) is 0 Å². The number of aliphatic hydroxyl groups is 1. The molecule has 2 aromatic rings. The molecule has 0 fully saturated rings. The third kappa shape index (κ3) is 2.74. The number of hydrogen-bond acceptors (Lipinski definition) is 2. The molecule has 1 unspecified atom stereocenters. The fraction of sp³-hybridized carbons (Fsp3) is 0.231. The summed E-state index contributed by atoms with van der Waals surface area (Å²) in [5, 5.41) is 10.1. The maximum atomic E-state index is 10.1. The normalized spacial score (nSPS) is 12.7. The highest BCUT2D eigenvalue weighted by molar-refractivity contribution is 9.10. The van der Waals surface area contributed by atoms with Crippen LogP contribution in [-0.2, 0) is 6.42 Å². The van der Waals surface area contributed by atoms with Crippen molar-refractivity contribution in [3.8, 4) is 0 Å². The van der Waals surface area contributed by atoms with Crippen LogP contribution in [0.4, 0.5) is 0 Å². The summed E-state index contributed by atoms with van der Waals surface area (Å²) >= 11 is 3.43. The Balaban J connectivity index is 2.17. The monoisotopic (exact) mass is 280 g/mol. The third-order valence-electron chi connectivity index (χ3n) is 2.46. The first-order valence-corrected chi connectivity index (χ1v) is 5.90. The highest BCUT2D eigenvalue weighted by Crippen LogP contribution is 2.23. The van der Waals surface area contributed by atoms with Crippen LogP contribution in [0.5, 0.6) is 0 Å². The van der Waals surface area contributed by atoms with Crippen molar-refractivity contribution in [2.45, 2.75) is 19.4 Å². The summed E-state index contributed by atoms with van der Waals surface area (Å²) in [5.41, 5.74) is 3.06. The zero-order chi connectivity index (χ0) is 11.5. The number of hydrogen-bond donors (Lipinski definition) is 1. The molecule has 0 radical (unpaired) electrons. The Kier molecular flexibility index (Phi) is 3.46. The van der Waals surface area contributed by atoms with Crippen molar-refractivity contribution in [1.29, 1.82) is 0 Å². The Morgan fingerprint density at radius 2 is 2.19 bits per heavy atom. The zero-order valence-corrected chi connectivity index (χ0v) is 10.6. The summed E-state index contributed by atoms with van der Waals surface area (Å²) < 4.78 is 5.97. The van der Waals surface area contributed by atoms with Crippen LogP contribution in [0.25, 0.3) is 0 Å². The molecule has 84 valence electrons. The standard InChI is InChI=1S/C13H13BrO2/c1-9-4-11(7-12(14)5-9)13(15)6-10-2-3-16-8-10/h2-5,7-8,13,15H,6H2,1H3. The SMILES string of the molecule is Cc1cc(Br)cc(C(O)Cc2ccoc2)c1. The molecule has 1 aromatic carbocycles. The Labute approximate surface area is 103 Å². The van der Waals surface area contributed by atoms with Gasteiger partial charge in [0.25, 0.3) is 0 Å². The van der Waals surface area contributed by atoms with Gasteiger partial charge in [0.1, 0.15) is 0 Å². The van der Waals surface area contributed by atoms with E-state index >= 15 is 0 Å². The van der Waals surface area contributed by atoms with Crippen LogP contribution in [0.1, 0.15) is 22.8 Å². The molecular weight excluding hydrogens is 268 g/mol. The minimum absolute atomic E-state index is 0.492. The van der Waals surface area contributed by atoms with Crippen molar-refractivity contribution < 1.29 is 9.52 Å². The molecule has 0 bridgehead atoms. The Hall–Kier alpha value is -1.06. The van der Waals surface area contributed by atoms with Gasteiger partial charge in [-0.2, -0.15) is 0 Å². The van der Waals surface area contributed by atoms with Gasteiger partial charge in [0.2, 0.25) is 0 Å². The molecule has 2 rings (SSSR count). The van der Waals surface area contributed by atoms with Crippen LogP contribution in [0.2, 0.25) is 0 Å². The van der Waals surface area contributed by atoms with E-state index in [0.717, 1.165) is 21.2 Å². The van der Waals surface area contributed by atoms with E-state index in [2.05, 4.69) is 15.9 Å². The van der Waals surface area contributed by atoms with E-state index in [0.29, 0.717) is 6.42 Å². The van der Waals surface area contributed by atoms with Crippen LogP contribution in [-0.4, -0.2) is 5.11 Å². The third-order valence-corrected chi connectivity index (χ3v) is 2.92. The van der Waals surface area contributed by atoms with Gasteiger partial charge < -0.3 is 9.52 Å². The van der Waals surface area contributed by atoms with Gasteiger partial charge in [0, 0.05) is 10.9 Å². The first-order valence-electron chi connectivity index (χ1n) is 5.11. The number of aryl methyl sites for hydroxylation is 1. The molecule has 1 atom stereocenters. The van der Waals surface area contributed by atoms with E-state index in [4.69, 9.17) is 4.42 Å². The summed E-state index contributed by atoms with van der Waals surface area (Å²) in [5.74, 6) is 0. The van der Waals surface area contributed by atoms with Crippen LogP contribution in [0, 0.1) is 6.92 Å². The molecule has 2 nitrogen and oxygen atoms in total. The second-order valence-corrected chi connectivity index (χ2v) is 4.83. The smallest absolute Gasteiger partial charge is 0.0935 e. The molecule has 0 aliphatic carbocycles. The predicted octanol–water partition coefficient (Wildman–Crippen LogP) is 3.63. The first-order chi connectivity index (χ1) is 7.65. The maximum Gasteiger partial charge on any atom is 0.0935 e. The van der Waals surface area contributed by atoms with E-state index in [1.807, 2.05) is 31.2 Å². The Morgan fingerprint density at radius 3 is 2.81 bits per heavy atom. The van der Waals surface area contributed by atoms with E-state index in [9.17, 15) is 5.11 Å². The molecule has 3 heteroatoms. The Morgan fingerprint density at radius 1 is 1.38 bits per heavy atom. The van der Waals surface area contributed by atoms with Crippen molar-refractivity contribution in [3.05, 3.63) is 58.0 Å². The summed E-state index contributed by atoms with van der Waals surface area (Å²) in [6.45, 7) is 2.01. The van der Waals surface area contributed by atoms with Crippen LogP contribution in [0.15, 0.2) is 45.7 Å². The van der Waals surface area contributed by atoms with E-state index < -0.39 is 6.10 Å². The van der Waals surface area contributed by atoms with Crippen molar-refractivity contribution in [2.24, 2.45) is 0 Å². The summed E-state index contributed by atoms with van der Waals surface area (Å²) in [4.78, 5) is 0. The molecular formula is C13H13BrO2. The molecule has 0 amide bonds. The van der Waals surface area contributed by atoms with Gasteiger partial charge in [-0.15, -0.1) is 0 Å². The lowest BCUT2D eigenvalue weighted by atomic mass is 10.0. The number of aliphatic hydroxyl groups excluding tert-OH is 1. The molecule has 1 heterocycles. The van der Waals surface area contributed by atoms with Crippen LogP contribution in [0.3, 0.4) is 0 Å². The highest BCUT2D eigenvalue weighted by Gasteiger charge is 2.10. The van der Waals surface area contributed by atoms with Gasteiger partial charge in [0.05, 0.1) is 18.6 Å². The molecule has 0 saturated heterocycles. The quantitative estimate of drug-likeness (QED) is 0.932. The largest absolute Gasteiger partial charge is 0.472 e. The second-order valence-electron chi connectivity index (χ2n) is 3.91. The first kappa shape index (κ1) is 11.4. The molecule has 0 aliphatic heterocycles. The van der Waals surface area contributed by atoms with E-state index in [1.165, 1.54) is 0 Å². The second kappa shape index (κ2) is 4.85. The summed E-state index contributed by atoms with van der Waals surface area (Å²) in [6, 6.07) is 7.83. The topological polar surface area (TPSA) is 33.4 Å². The molecule has 16 heavy (non-hydrogen) atoms. The van der Waals surface area contributed by atoms with Crippen molar-refractivity contribution >= 4 is 15.9 Å². The highest BCUT2D eigenvalue weighted by atomic mass is 79.9. The average Bonchev–Trinajstić information content (AvgIpc) is 2.68.